The summed E-state index contributed by atoms with van der Waals surface area (Å²) in [5, 5.41) is 11.5. The molecule has 2 aromatic heterocycles. The van der Waals surface area contributed by atoms with Crippen molar-refractivity contribution in [3.8, 4) is 39.6 Å². The number of aryl methyl sites for hydroxylation is 3. The zero-order chi connectivity index (χ0) is 30.4. The van der Waals surface area contributed by atoms with E-state index in [-0.39, 0.29) is 11.0 Å². The first-order valence-corrected chi connectivity index (χ1v) is 13.3. The van der Waals surface area contributed by atoms with Crippen LogP contribution in [-0.2, 0) is 12.5 Å². The number of hydrogen-bond acceptors (Lipinski definition) is 2. The van der Waals surface area contributed by atoms with Crippen molar-refractivity contribution in [3.05, 3.63) is 113 Å². The summed E-state index contributed by atoms with van der Waals surface area (Å²) in [5.74, 6) is -0.795. The smallest absolute Gasteiger partial charge is 0.216 e. The predicted molar refractivity (Wildman–Crippen MR) is 157 cm³/mol. The number of pyridine rings is 1. The third-order valence-corrected chi connectivity index (χ3v) is 8.49. The van der Waals surface area contributed by atoms with Gasteiger partial charge in [0.25, 0.3) is 0 Å². The molecule has 0 saturated carbocycles. The van der Waals surface area contributed by atoms with E-state index in [2.05, 4.69) is 62.4 Å². The molecule has 0 aliphatic heterocycles. The van der Waals surface area contributed by atoms with Gasteiger partial charge in [0.2, 0.25) is 11.9 Å². The van der Waals surface area contributed by atoms with Crippen molar-refractivity contribution < 1.29 is 17.5 Å². The Morgan fingerprint density at radius 3 is 2.48 bits per heavy atom. The number of rotatable bonds is 2. The maximum Gasteiger partial charge on any atom is 0.216 e. The van der Waals surface area contributed by atoms with Crippen molar-refractivity contribution in [1.29, 1.82) is 5.26 Å². The average molecular weight is 527 g/mol. The van der Waals surface area contributed by atoms with Crippen molar-refractivity contribution in [2.75, 3.05) is 0 Å². The van der Waals surface area contributed by atoms with Crippen LogP contribution in [0.25, 0.3) is 55.4 Å². The van der Waals surface area contributed by atoms with Crippen molar-refractivity contribution in [2.45, 2.75) is 33.0 Å². The quantitative estimate of drug-likeness (QED) is 0.212. The van der Waals surface area contributed by atoms with Gasteiger partial charge in [0.1, 0.15) is 18.2 Å². The van der Waals surface area contributed by atoms with Gasteiger partial charge in [-0.25, -0.2) is 4.39 Å². The van der Waals surface area contributed by atoms with Crippen LogP contribution in [0, 0.1) is 30.9 Å². The molecule has 0 spiro atoms. The van der Waals surface area contributed by atoms with E-state index in [0.717, 1.165) is 22.1 Å². The molecular formula is C36H28FN2O+. The largest absolute Gasteiger partial charge is 0.454 e. The van der Waals surface area contributed by atoms with Gasteiger partial charge in [0, 0.05) is 31.9 Å². The molecule has 0 fully saturated rings. The SMILES string of the molecule is [2H]C([2H])([2H])c1cc(-c2c(C)ccc3c2oc2c(-c4ccc5c(c4)C(C)(C)c4ccccc4-5)ccc(C#N)c23)[n+](C)cc1F. The third kappa shape index (κ3) is 3.24. The lowest BCUT2D eigenvalue weighted by Crippen LogP contribution is -2.31. The molecule has 0 N–H and O–H groups in total. The zero-order valence-electron chi connectivity index (χ0n) is 25.7. The van der Waals surface area contributed by atoms with Crippen LogP contribution in [-0.4, -0.2) is 0 Å². The minimum atomic E-state index is -2.62. The van der Waals surface area contributed by atoms with Crippen LogP contribution in [0.2, 0.25) is 0 Å². The molecule has 6 aromatic rings. The summed E-state index contributed by atoms with van der Waals surface area (Å²) in [7, 11) is 1.68. The molecule has 0 amide bonds. The molecule has 0 radical (unpaired) electrons. The van der Waals surface area contributed by atoms with E-state index < -0.39 is 12.7 Å². The zero-order valence-corrected chi connectivity index (χ0v) is 22.7. The predicted octanol–water partition coefficient (Wildman–Crippen LogP) is 8.68. The summed E-state index contributed by atoms with van der Waals surface area (Å²) >= 11 is 0. The minimum absolute atomic E-state index is 0.177. The molecule has 3 nitrogen and oxygen atoms in total. The summed E-state index contributed by atoms with van der Waals surface area (Å²) in [6.45, 7) is 3.77. The highest BCUT2D eigenvalue weighted by Crippen LogP contribution is 2.50. The first-order valence-electron chi connectivity index (χ1n) is 14.8. The number of aromatic nitrogens is 1. The Labute approximate surface area is 237 Å². The van der Waals surface area contributed by atoms with Gasteiger partial charge in [-0.15, -0.1) is 0 Å². The average Bonchev–Trinajstić information content (AvgIpc) is 3.46. The van der Waals surface area contributed by atoms with E-state index >= 15 is 0 Å². The fourth-order valence-corrected chi connectivity index (χ4v) is 6.42. The molecule has 0 atom stereocenters. The fourth-order valence-electron chi connectivity index (χ4n) is 6.42. The molecular weight excluding hydrogens is 495 g/mol. The maximum atomic E-state index is 14.8. The van der Waals surface area contributed by atoms with Crippen molar-refractivity contribution >= 4 is 21.9 Å². The van der Waals surface area contributed by atoms with Crippen LogP contribution in [0.3, 0.4) is 0 Å². The van der Waals surface area contributed by atoms with E-state index in [1.165, 1.54) is 34.5 Å². The van der Waals surface area contributed by atoms with Gasteiger partial charge in [-0.05, 0) is 70.9 Å². The topological polar surface area (TPSA) is 40.8 Å². The molecule has 7 rings (SSSR count). The van der Waals surface area contributed by atoms with Crippen molar-refractivity contribution in [3.63, 3.8) is 0 Å². The van der Waals surface area contributed by atoms with Crippen LogP contribution >= 0.6 is 0 Å². The summed E-state index contributed by atoms with van der Waals surface area (Å²) in [6, 6.07) is 26.3. The summed E-state index contributed by atoms with van der Waals surface area (Å²) in [4.78, 5) is 0. The molecule has 2 heterocycles. The Morgan fingerprint density at radius 1 is 0.900 bits per heavy atom. The lowest BCUT2D eigenvalue weighted by Gasteiger charge is -2.22. The maximum absolute atomic E-state index is 14.8. The highest BCUT2D eigenvalue weighted by Gasteiger charge is 2.35. The number of hydrogen-bond donors (Lipinski definition) is 0. The number of benzene rings is 4. The second-order valence-electron chi connectivity index (χ2n) is 11.2. The molecule has 1 aliphatic carbocycles. The van der Waals surface area contributed by atoms with E-state index in [4.69, 9.17) is 8.53 Å². The molecule has 4 heteroatoms. The molecule has 194 valence electrons. The van der Waals surface area contributed by atoms with Gasteiger partial charge in [0.05, 0.1) is 17.2 Å². The second-order valence-corrected chi connectivity index (χ2v) is 11.2. The highest BCUT2D eigenvalue weighted by atomic mass is 19.1. The van der Waals surface area contributed by atoms with E-state index in [0.29, 0.717) is 33.4 Å². The fraction of sp³-hybridized carbons (Fsp3) is 0.167. The number of nitrogens with zero attached hydrogens (tertiary/aromatic N) is 2. The van der Waals surface area contributed by atoms with E-state index in [9.17, 15) is 9.65 Å². The number of halogens is 1. The Morgan fingerprint density at radius 2 is 1.68 bits per heavy atom. The van der Waals surface area contributed by atoms with Gasteiger partial charge in [-0.1, -0.05) is 62.4 Å². The van der Waals surface area contributed by atoms with Gasteiger partial charge in [0.15, 0.2) is 5.82 Å². The van der Waals surface area contributed by atoms with Crippen LogP contribution in [0.5, 0.6) is 0 Å². The monoisotopic (exact) mass is 526 g/mol. The van der Waals surface area contributed by atoms with Crippen LogP contribution < -0.4 is 4.57 Å². The van der Waals surface area contributed by atoms with E-state index in [1.54, 1.807) is 11.6 Å². The van der Waals surface area contributed by atoms with Crippen LogP contribution in [0.15, 0.2) is 83.4 Å². The number of furan rings is 1. The number of nitriles is 1. The lowest BCUT2D eigenvalue weighted by molar-refractivity contribution is -0.662. The van der Waals surface area contributed by atoms with Gasteiger partial charge >= 0.3 is 0 Å². The molecule has 4 aromatic carbocycles. The Kier molecular flexibility index (Phi) is 4.42. The Bertz CT molecular complexity index is 2200. The highest BCUT2D eigenvalue weighted by molar-refractivity contribution is 6.15. The molecule has 40 heavy (non-hydrogen) atoms. The molecule has 1 aliphatic rings. The Hall–Kier alpha value is -4.75. The van der Waals surface area contributed by atoms with Gasteiger partial charge in [-0.3, -0.25) is 0 Å². The van der Waals surface area contributed by atoms with Crippen LogP contribution in [0.1, 0.15) is 45.8 Å². The summed E-state index contributed by atoms with van der Waals surface area (Å²) in [6.07, 6.45) is 1.19. The van der Waals surface area contributed by atoms with Crippen molar-refractivity contribution in [1.82, 2.24) is 0 Å². The van der Waals surface area contributed by atoms with Gasteiger partial charge in [-0.2, -0.15) is 9.83 Å². The standard InChI is InChI=1S/C36H28FN2O/c1-20-10-13-27-33-23(18-38)12-14-24(34(33)40-35(27)32(20)31-16-21(2)30(37)19-39(31)5)22-11-15-26-25-8-6-7-9-28(25)36(3,4)29(26)17-22/h6-17,19H,1-5H3/q+1/i2D3. The number of fused-ring (bicyclic) bond motifs is 6. The summed E-state index contributed by atoms with van der Waals surface area (Å²) < 4.78 is 46.6. The first-order chi connectivity index (χ1) is 20.4. The normalized spacial score (nSPS) is 14.8. The summed E-state index contributed by atoms with van der Waals surface area (Å²) in [5.41, 5.74) is 9.85. The van der Waals surface area contributed by atoms with Crippen LogP contribution in [0.4, 0.5) is 4.39 Å². The Balaban J connectivity index is 1.51. The lowest BCUT2D eigenvalue weighted by atomic mass is 9.81. The minimum Gasteiger partial charge on any atom is -0.454 e. The van der Waals surface area contributed by atoms with E-state index in [1.807, 2.05) is 31.2 Å². The molecule has 0 unspecified atom stereocenters. The second kappa shape index (κ2) is 8.37. The molecule has 0 bridgehead atoms. The molecule has 0 saturated heterocycles. The van der Waals surface area contributed by atoms with Crippen molar-refractivity contribution in [2.24, 2.45) is 7.05 Å². The third-order valence-electron chi connectivity index (χ3n) is 8.49. The first kappa shape index (κ1) is 21.1. The van der Waals surface area contributed by atoms with Gasteiger partial charge < -0.3 is 4.42 Å².